The highest BCUT2D eigenvalue weighted by molar-refractivity contribution is 7.09. The number of thiazole rings is 1. The molecular formula is C13H23N3OS. The molecule has 2 N–H and O–H groups in total. The molecule has 1 aromatic rings. The van der Waals surface area contributed by atoms with E-state index in [4.69, 9.17) is 5.73 Å². The summed E-state index contributed by atoms with van der Waals surface area (Å²) in [5, 5.41) is 3.01. The summed E-state index contributed by atoms with van der Waals surface area (Å²) in [6, 6.07) is -0.121. The van der Waals surface area contributed by atoms with Crippen molar-refractivity contribution in [2.75, 3.05) is 7.05 Å². The van der Waals surface area contributed by atoms with Gasteiger partial charge in [0.25, 0.3) is 0 Å². The van der Waals surface area contributed by atoms with Gasteiger partial charge in [-0.3, -0.25) is 4.79 Å². The van der Waals surface area contributed by atoms with Crippen LogP contribution in [0, 0.1) is 12.3 Å². The molecule has 0 aliphatic carbocycles. The van der Waals surface area contributed by atoms with E-state index in [1.54, 1.807) is 23.3 Å². The Kier molecular flexibility index (Phi) is 4.87. The number of aryl methyl sites for hydroxylation is 1. The number of hydrogen-bond acceptors (Lipinski definition) is 4. The van der Waals surface area contributed by atoms with Crippen LogP contribution in [0.1, 0.15) is 37.9 Å². The van der Waals surface area contributed by atoms with E-state index in [2.05, 4.69) is 25.8 Å². The van der Waals surface area contributed by atoms with Gasteiger partial charge in [-0.15, -0.1) is 11.3 Å². The number of carbonyl (C=O) groups is 1. The third-order valence-electron chi connectivity index (χ3n) is 3.00. The SMILES string of the molecule is Cc1nc(CN(C)C(=O)CC(N)C(C)(C)C)cs1. The monoisotopic (exact) mass is 269 g/mol. The summed E-state index contributed by atoms with van der Waals surface area (Å²) in [7, 11) is 1.80. The van der Waals surface area contributed by atoms with Crippen LogP contribution in [-0.2, 0) is 11.3 Å². The molecule has 1 amide bonds. The standard InChI is InChI=1S/C13H23N3OS/c1-9-15-10(8-18-9)7-16(5)12(17)6-11(14)13(2,3)4/h8,11H,6-7,14H2,1-5H3. The van der Waals surface area contributed by atoms with Crippen LogP contribution in [0.3, 0.4) is 0 Å². The second kappa shape index (κ2) is 5.80. The molecule has 102 valence electrons. The molecule has 5 heteroatoms. The molecule has 1 rings (SSSR count). The van der Waals surface area contributed by atoms with Crippen LogP contribution in [0.5, 0.6) is 0 Å². The Bertz CT molecular complexity index is 409. The molecule has 1 aromatic heterocycles. The first-order valence-corrected chi connectivity index (χ1v) is 6.98. The topological polar surface area (TPSA) is 59.2 Å². The summed E-state index contributed by atoms with van der Waals surface area (Å²) in [6.07, 6.45) is 0.378. The molecule has 0 saturated heterocycles. The Morgan fingerprint density at radius 3 is 2.61 bits per heavy atom. The lowest BCUT2D eigenvalue weighted by Crippen LogP contribution is -2.40. The molecule has 4 nitrogen and oxygen atoms in total. The van der Waals surface area contributed by atoms with Gasteiger partial charge >= 0.3 is 0 Å². The Balaban J connectivity index is 2.52. The van der Waals surface area contributed by atoms with Gasteiger partial charge in [0, 0.05) is 24.9 Å². The van der Waals surface area contributed by atoms with E-state index in [-0.39, 0.29) is 17.4 Å². The average molecular weight is 269 g/mol. The van der Waals surface area contributed by atoms with E-state index < -0.39 is 0 Å². The lowest BCUT2D eigenvalue weighted by Gasteiger charge is -2.28. The van der Waals surface area contributed by atoms with Crippen LogP contribution in [0.2, 0.25) is 0 Å². The number of nitrogens with two attached hydrogens (primary N) is 1. The van der Waals surface area contributed by atoms with Crippen molar-refractivity contribution < 1.29 is 4.79 Å². The van der Waals surface area contributed by atoms with Crippen molar-refractivity contribution in [3.63, 3.8) is 0 Å². The van der Waals surface area contributed by atoms with Crippen LogP contribution in [0.15, 0.2) is 5.38 Å². The van der Waals surface area contributed by atoms with Crippen molar-refractivity contribution in [1.29, 1.82) is 0 Å². The fraction of sp³-hybridized carbons (Fsp3) is 0.692. The molecule has 0 aromatic carbocycles. The lowest BCUT2D eigenvalue weighted by molar-refractivity contribution is -0.131. The second-order valence-corrected chi connectivity index (χ2v) is 6.85. The van der Waals surface area contributed by atoms with Gasteiger partial charge in [0.05, 0.1) is 17.2 Å². The molecule has 0 radical (unpaired) electrons. The summed E-state index contributed by atoms with van der Waals surface area (Å²) < 4.78 is 0. The molecule has 1 atom stereocenters. The quantitative estimate of drug-likeness (QED) is 0.911. The van der Waals surface area contributed by atoms with Gasteiger partial charge in [-0.1, -0.05) is 20.8 Å². The van der Waals surface area contributed by atoms with Crippen molar-refractivity contribution in [1.82, 2.24) is 9.88 Å². The maximum atomic E-state index is 12.0. The van der Waals surface area contributed by atoms with Crippen LogP contribution in [-0.4, -0.2) is 28.9 Å². The van der Waals surface area contributed by atoms with Crippen molar-refractivity contribution in [3.05, 3.63) is 16.1 Å². The fourth-order valence-electron chi connectivity index (χ4n) is 1.46. The first kappa shape index (κ1) is 15.1. The largest absolute Gasteiger partial charge is 0.340 e. The Labute approximate surface area is 113 Å². The number of hydrogen-bond donors (Lipinski definition) is 1. The summed E-state index contributed by atoms with van der Waals surface area (Å²) >= 11 is 1.60. The summed E-state index contributed by atoms with van der Waals surface area (Å²) in [5.74, 6) is 0.0723. The number of amides is 1. The molecule has 18 heavy (non-hydrogen) atoms. The van der Waals surface area contributed by atoms with E-state index >= 15 is 0 Å². The number of rotatable bonds is 4. The minimum Gasteiger partial charge on any atom is -0.340 e. The molecule has 0 saturated carbocycles. The number of carbonyl (C=O) groups excluding carboxylic acids is 1. The summed E-state index contributed by atoms with van der Waals surface area (Å²) in [5.41, 5.74) is 6.92. The Morgan fingerprint density at radius 2 is 2.17 bits per heavy atom. The smallest absolute Gasteiger partial charge is 0.224 e. The first-order valence-electron chi connectivity index (χ1n) is 6.10. The molecule has 0 fully saturated rings. The molecule has 0 aliphatic rings. The van der Waals surface area contributed by atoms with E-state index in [1.165, 1.54) is 0 Å². The minimum atomic E-state index is -0.121. The van der Waals surface area contributed by atoms with Gasteiger partial charge in [0.1, 0.15) is 0 Å². The zero-order valence-electron chi connectivity index (χ0n) is 11.9. The van der Waals surface area contributed by atoms with Crippen LogP contribution in [0.4, 0.5) is 0 Å². The maximum Gasteiger partial charge on any atom is 0.224 e. The van der Waals surface area contributed by atoms with E-state index in [0.29, 0.717) is 13.0 Å². The number of nitrogens with zero attached hydrogens (tertiary/aromatic N) is 2. The van der Waals surface area contributed by atoms with Gasteiger partial charge in [-0.2, -0.15) is 0 Å². The van der Waals surface area contributed by atoms with Gasteiger partial charge in [0.15, 0.2) is 0 Å². The highest BCUT2D eigenvalue weighted by atomic mass is 32.1. The highest BCUT2D eigenvalue weighted by Gasteiger charge is 2.24. The van der Waals surface area contributed by atoms with Gasteiger partial charge in [0.2, 0.25) is 5.91 Å². The zero-order valence-corrected chi connectivity index (χ0v) is 12.7. The van der Waals surface area contributed by atoms with Crippen molar-refractivity contribution >= 4 is 17.2 Å². The van der Waals surface area contributed by atoms with Gasteiger partial charge in [-0.25, -0.2) is 4.98 Å². The average Bonchev–Trinajstić information content (AvgIpc) is 2.62. The predicted octanol–water partition coefficient (Wildman–Crippen LogP) is 2.17. The predicted molar refractivity (Wildman–Crippen MR) is 75.4 cm³/mol. The summed E-state index contributed by atoms with van der Waals surface area (Å²) in [4.78, 5) is 18.1. The zero-order chi connectivity index (χ0) is 13.9. The molecule has 0 aliphatic heterocycles. The van der Waals surface area contributed by atoms with Crippen molar-refractivity contribution in [2.45, 2.75) is 46.7 Å². The van der Waals surface area contributed by atoms with Crippen molar-refractivity contribution in [3.8, 4) is 0 Å². The minimum absolute atomic E-state index is 0.0479. The first-order chi connectivity index (χ1) is 8.20. The van der Waals surface area contributed by atoms with E-state index in [0.717, 1.165) is 10.7 Å². The second-order valence-electron chi connectivity index (χ2n) is 5.78. The molecule has 0 spiro atoms. The number of aromatic nitrogens is 1. The van der Waals surface area contributed by atoms with E-state index in [1.807, 2.05) is 12.3 Å². The molecule has 1 heterocycles. The third-order valence-corrected chi connectivity index (χ3v) is 3.82. The maximum absolute atomic E-state index is 12.0. The Hall–Kier alpha value is -0.940. The normalized spacial score (nSPS) is 13.4. The van der Waals surface area contributed by atoms with Gasteiger partial charge in [-0.05, 0) is 12.3 Å². The van der Waals surface area contributed by atoms with Crippen LogP contribution in [0.25, 0.3) is 0 Å². The lowest BCUT2D eigenvalue weighted by atomic mass is 9.85. The van der Waals surface area contributed by atoms with Crippen molar-refractivity contribution in [2.24, 2.45) is 11.1 Å². The van der Waals surface area contributed by atoms with Crippen LogP contribution < -0.4 is 5.73 Å². The third kappa shape index (κ3) is 4.38. The molecular weight excluding hydrogens is 246 g/mol. The molecule has 0 bridgehead atoms. The highest BCUT2D eigenvalue weighted by Crippen LogP contribution is 2.20. The van der Waals surface area contributed by atoms with Crippen LogP contribution >= 0.6 is 11.3 Å². The molecule has 1 unspecified atom stereocenters. The van der Waals surface area contributed by atoms with Gasteiger partial charge < -0.3 is 10.6 Å². The summed E-state index contributed by atoms with van der Waals surface area (Å²) in [6.45, 7) is 8.67. The Morgan fingerprint density at radius 1 is 1.56 bits per heavy atom. The fourth-order valence-corrected chi connectivity index (χ4v) is 2.07. The van der Waals surface area contributed by atoms with E-state index in [9.17, 15) is 4.79 Å².